The fourth-order valence-electron chi connectivity index (χ4n) is 9.22. The Morgan fingerprint density at radius 3 is 2.51 bits per heavy atom. The fourth-order valence-corrected chi connectivity index (χ4v) is 9.22. The minimum atomic E-state index is -1.17. The Morgan fingerprint density at radius 1 is 1.17 bits per heavy atom. The van der Waals surface area contributed by atoms with Gasteiger partial charge in [0.05, 0.1) is 29.5 Å². The number of ether oxygens (including phenoxy) is 2. The second-order valence-electron chi connectivity index (χ2n) is 12.3. The summed E-state index contributed by atoms with van der Waals surface area (Å²) in [5.74, 6) is -1.84. The van der Waals surface area contributed by atoms with Crippen molar-refractivity contribution < 1.29 is 33.4 Å². The number of furan rings is 1. The number of ketones is 2. The van der Waals surface area contributed by atoms with Crippen molar-refractivity contribution in [3.63, 3.8) is 0 Å². The Bertz CT molecular complexity index is 1240. The van der Waals surface area contributed by atoms with Gasteiger partial charge in [0, 0.05) is 23.7 Å². The lowest BCUT2D eigenvalue weighted by atomic mass is 9.38. The van der Waals surface area contributed by atoms with Gasteiger partial charge >= 0.3 is 5.97 Å². The highest BCUT2D eigenvalue weighted by Gasteiger charge is 2.88. The number of allylic oxidation sites excluding steroid dienone is 4. The first-order valence-electron chi connectivity index (χ1n) is 12.4. The monoisotopic (exact) mass is 480 g/mol. The summed E-state index contributed by atoms with van der Waals surface area (Å²) in [7, 11) is 0. The number of aliphatic hydroxyl groups is 1. The highest BCUT2D eigenvalue weighted by molar-refractivity contribution is 6.06. The Kier molecular flexibility index (Phi) is 4.14. The van der Waals surface area contributed by atoms with E-state index in [0.29, 0.717) is 18.4 Å². The second kappa shape index (κ2) is 6.36. The quantitative estimate of drug-likeness (QED) is 0.493. The fraction of sp³-hybridized carbons (Fsp3) is 0.607. The highest BCUT2D eigenvalue weighted by Crippen LogP contribution is 2.81. The standard InChI is InChI=1S/C28H32O7/c1-14(29)34-17-12-26(5)16(15-8-10-33-13-15)11-19-28(26,35-19)27(6)21(17)25(4)9-7-18(30)24(2,3)22(25)20(31)23(27)32/h7-10,13,16-17,19,21,31H,11-12H2,1-6H3/t16-,17-,19-,21+,25-,26+,27+,28+/m0/s1. The first kappa shape index (κ1) is 22.8. The normalized spacial score (nSPS) is 47.0. The van der Waals surface area contributed by atoms with Crippen LogP contribution in [0.4, 0.5) is 0 Å². The van der Waals surface area contributed by atoms with Gasteiger partial charge in [-0.15, -0.1) is 0 Å². The van der Waals surface area contributed by atoms with Crippen molar-refractivity contribution in [3.05, 3.63) is 47.6 Å². The molecule has 0 bridgehead atoms. The molecule has 0 unspecified atom stereocenters. The van der Waals surface area contributed by atoms with Crippen molar-refractivity contribution in [1.82, 2.24) is 0 Å². The van der Waals surface area contributed by atoms with Crippen molar-refractivity contribution in [2.24, 2.45) is 27.6 Å². The number of Topliss-reactive ketones (excluding diaryl/α,β-unsaturated/α-hetero) is 1. The first-order chi connectivity index (χ1) is 16.3. The lowest BCUT2D eigenvalue weighted by molar-refractivity contribution is -0.200. The summed E-state index contributed by atoms with van der Waals surface area (Å²) in [4.78, 5) is 39.6. The number of rotatable bonds is 2. The number of fused-ring (bicyclic) bond motifs is 3. The molecule has 2 saturated carbocycles. The third-order valence-corrected chi connectivity index (χ3v) is 10.4. The summed E-state index contributed by atoms with van der Waals surface area (Å²) in [5, 5.41) is 11.5. The molecular formula is C28H32O7. The van der Waals surface area contributed by atoms with Crippen molar-refractivity contribution in [3.8, 4) is 0 Å². The van der Waals surface area contributed by atoms with E-state index in [1.165, 1.54) is 6.92 Å². The molecule has 5 aliphatic rings. The van der Waals surface area contributed by atoms with Crippen LogP contribution in [0, 0.1) is 27.6 Å². The van der Waals surface area contributed by atoms with Gasteiger partial charge in [0.15, 0.2) is 11.5 Å². The molecule has 186 valence electrons. The molecule has 4 aliphatic carbocycles. The number of epoxide rings is 1. The molecule has 7 nitrogen and oxygen atoms in total. The number of carbonyl (C=O) groups is 3. The smallest absolute Gasteiger partial charge is 0.302 e. The Labute approximate surface area is 204 Å². The van der Waals surface area contributed by atoms with E-state index in [-0.39, 0.29) is 23.6 Å². The van der Waals surface area contributed by atoms with Crippen LogP contribution in [0.5, 0.6) is 0 Å². The van der Waals surface area contributed by atoms with E-state index in [4.69, 9.17) is 13.9 Å². The van der Waals surface area contributed by atoms with Gasteiger partial charge in [-0.2, -0.15) is 0 Å². The van der Waals surface area contributed by atoms with Gasteiger partial charge in [0.2, 0.25) is 5.78 Å². The molecule has 0 aromatic carbocycles. The number of carbonyl (C=O) groups excluding carboxylic acids is 3. The highest BCUT2D eigenvalue weighted by atomic mass is 16.6. The summed E-state index contributed by atoms with van der Waals surface area (Å²) >= 11 is 0. The van der Waals surface area contributed by atoms with E-state index >= 15 is 0 Å². The molecule has 0 amide bonds. The zero-order valence-corrected chi connectivity index (χ0v) is 21.0. The molecule has 35 heavy (non-hydrogen) atoms. The number of aliphatic hydroxyl groups excluding tert-OH is 1. The van der Waals surface area contributed by atoms with Crippen molar-refractivity contribution in [2.75, 3.05) is 0 Å². The van der Waals surface area contributed by atoms with E-state index in [9.17, 15) is 19.5 Å². The molecular weight excluding hydrogens is 448 g/mol. The molecule has 2 heterocycles. The predicted molar refractivity (Wildman–Crippen MR) is 124 cm³/mol. The van der Waals surface area contributed by atoms with Gasteiger partial charge in [-0.1, -0.05) is 19.9 Å². The Morgan fingerprint density at radius 2 is 1.89 bits per heavy atom. The van der Waals surface area contributed by atoms with E-state index in [2.05, 4.69) is 6.92 Å². The summed E-state index contributed by atoms with van der Waals surface area (Å²) in [5.41, 5.74) is -3.06. The van der Waals surface area contributed by atoms with Crippen LogP contribution in [-0.4, -0.2) is 40.5 Å². The molecule has 0 radical (unpaired) electrons. The average molecular weight is 481 g/mol. The predicted octanol–water partition coefficient (Wildman–Crippen LogP) is 4.43. The maximum atomic E-state index is 14.3. The third kappa shape index (κ3) is 2.30. The lowest BCUT2D eigenvalue weighted by Crippen LogP contribution is -2.70. The third-order valence-electron chi connectivity index (χ3n) is 10.4. The van der Waals surface area contributed by atoms with Gasteiger partial charge in [-0.25, -0.2) is 0 Å². The zero-order valence-electron chi connectivity index (χ0n) is 21.0. The minimum absolute atomic E-state index is 0.0453. The average Bonchev–Trinajstić information content (AvgIpc) is 3.13. The van der Waals surface area contributed by atoms with E-state index in [0.717, 1.165) is 5.56 Å². The number of hydrogen-bond donors (Lipinski definition) is 1. The summed E-state index contributed by atoms with van der Waals surface area (Å²) in [6, 6.07) is 1.95. The van der Waals surface area contributed by atoms with E-state index in [1.54, 1.807) is 38.5 Å². The molecule has 7 heteroatoms. The lowest BCUT2D eigenvalue weighted by Gasteiger charge is -2.64. The van der Waals surface area contributed by atoms with E-state index < -0.39 is 51.0 Å². The summed E-state index contributed by atoms with van der Waals surface area (Å²) in [6.45, 7) is 10.8. The van der Waals surface area contributed by atoms with Gasteiger partial charge in [-0.3, -0.25) is 14.4 Å². The van der Waals surface area contributed by atoms with Gasteiger partial charge < -0.3 is 19.0 Å². The molecule has 1 N–H and O–H groups in total. The first-order valence-corrected chi connectivity index (χ1v) is 12.4. The molecule has 1 aliphatic heterocycles. The SMILES string of the molecule is CC(=O)O[C@H]1C[C@]2(C)[C@H](c3ccoc3)C[C@@H]3O[C@]32[C@@]2(C)C(=O)C(O)=C3C(C)(C)C(=O)C=C[C@@]3(C)[C@@H]12. The van der Waals surface area contributed by atoms with Crippen LogP contribution >= 0.6 is 0 Å². The van der Waals surface area contributed by atoms with Gasteiger partial charge in [-0.05, 0) is 62.8 Å². The molecule has 1 aromatic heterocycles. The van der Waals surface area contributed by atoms with Gasteiger partial charge in [0.25, 0.3) is 0 Å². The van der Waals surface area contributed by atoms with Crippen LogP contribution in [0.1, 0.15) is 65.9 Å². The maximum Gasteiger partial charge on any atom is 0.302 e. The molecule has 1 saturated heterocycles. The Balaban J connectivity index is 1.62. The minimum Gasteiger partial charge on any atom is -0.504 e. The summed E-state index contributed by atoms with van der Waals surface area (Å²) < 4.78 is 17.9. The van der Waals surface area contributed by atoms with Crippen LogP contribution in [0.3, 0.4) is 0 Å². The Hall–Kier alpha value is -2.67. The largest absolute Gasteiger partial charge is 0.504 e. The van der Waals surface area contributed by atoms with Crippen LogP contribution in [0.2, 0.25) is 0 Å². The van der Waals surface area contributed by atoms with Gasteiger partial charge in [0.1, 0.15) is 11.7 Å². The van der Waals surface area contributed by atoms with Crippen LogP contribution in [0.25, 0.3) is 0 Å². The van der Waals surface area contributed by atoms with Crippen LogP contribution < -0.4 is 0 Å². The van der Waals surface area contributed by atoms with E-state index in [1.807, 2.05) is 19.9 Å². The molecule has 3 fully saturated rings. The van der Waals surface area contributed by atoms with Crippen LogP contribution in [0.15, 0.2) is 46.5 Å². The molecule has 8 atom stereocenters. The van der Waals surface area contributed by atoms with Crippen molar-refractivity contribution in [2.45, 2.75) is 78.1 Å². The second-order valence-corrected chi connectivity index (χ2v) is 12.3. The van der Waals surface area contributed by atoms with Crippen molar-refractivity contribution in [1.29, 1.82) is 0 Å². The molecule has 1 aromatic rings. The maximum absolute atomic E-state index is 14.3. The number of esters is 1. The van der Waals surface area contributed by atoms with Crippen molar-refractivity contribution >= 4 is 17.5 Å². The molecule has 6 rings (SSSR count). The summed E-state index contributed by atoms with van der Waals surface area (Å²) in [6.07, 6.45) is 7.17. The van der Waals surface area contributed by atoms with Crippen LogP contribution in [-0.2, 0) is 23.9 Å². The number of hydrogen-bond acceptors (Lipinski definition) is 7. The topological polar surface area (TPSA) is 106 Å². The molecule has 1 spiro atoms. The zero-order chi connectivity index (χ0) is 25.3.